The maximum absolute atomic E-state index is 12.9. The number of benzene rings is 1. The average Bonchev–Trinajstić information content (AvgIpc) is 3.50. The Morgan fingerprint density at radius 2 is 2.03 bits per heavy atom. The SMILES string of the molecule is C[C@H](OCCC1=CNN(C)N1)C(=O)N1Cc2cnc(NC3Cc4ccccc4C3)nc2C1. The van der Waals surface area contributed by atoms with Crippen molar-refractivity contribution in [3.8, 4) is 0 Å². The number of carbonyl (C=O) groups excluding carboxylic acids is 1. The number of hydrazine groups is 2. The summed E-state index contributed by atoms with van der Waals surface area (Å²) in [6.07, 6.45) is 5.90. The minimum Gasteiger partial charge on any atom is -0.368 e. The third-order valence-corrected chi connectivity index (χ3v) is 6.18. The smallest absolute Gasteiger partial charge is 0.252 e. The van der Waals surface area contributed by atoms with Gasteiger partial charge in [0.2, 0.25) is 5.95 Å². The molecule has 3 aliphatic rings. The van der Waals surface area contributed by atoms with Crippen molar-refractivity contribution >= 4 is 11.9 Å². The van der Waals surface area contributed by atoms with Gasteiger partial charge >= 0.3 is 0 Å². The first-order chi connectivity index (χ1) is 15.5. The molecule has 1 atom stereocenters. The van der Waals surface area contributed by atoms with Crippen LogP contribution in [0.5, 0.6) is 0 Å². The first-order valence-electron chi connectivity index (χ1n) is 11.1. The molecule has 0 fully saturated rings. The van der Waals surface area contributed by atoms with Crippen molar-refractivity contribution in [1.29, 1.82) is 0 Å². The van der Waals surface area contributed by atoms with Gasteiger partial charge in [0.1, 0.15) is 6.10 Å². The van der Waals surface area contributed by atoms with Gasteiger partial charge in [-0.1, -0.05) is 24.3 Å². The standard InChI is InChI=1S/C23H29N7O2/c1-15(32-8-7-19-12-25-29(2)28-19)22(31)30-13-18-11-24-23(27-21(18)14-30)26-20-9-16-5-3-4-6-17(16)10-20/h3-6,11-12,15,20,25,28H,7-10,13-14H2,1-2H3,(H,24,26,27)/t15-/m0/s1. The number of nitrogens with one attached hydrogen (secondary N) is 3. The second-order valence-corrected chi connectivity index (χ2v) is 8.61. The van der Waals surface area contributed by atoms with Crippen LogP contribution < -0.4 is 16.2 Å². The van der Waals surface area contributed by atoms with Crippen LogP contribution in [0.1, 0.15) is 35.7 Å². The van der Waals surface area contributed by atoms with Crippen molar-refractivity contribution in [2.24, 2.45) is 0 Å². The summed E-state index contributed by atoms with van der Waals surface area (Å²) < 4.78 is 5.79. The van der Waals surface area contributed by atoms with Gasteiger partial charge in [-0.2, -0.15) is 0 Å². The Bertz CT molecular complexity index is 1020. The van der Waals surface area contributed by atoms with Crippen LogP contribution in [0.25, 0.3) is 0 Å². The molecule has 3 heterocycles. The van der Waals surface area contributed by atoms with Crippen LogP contribution in [0, 0.1) is 0 Å². The van der Waals surface area contributed by atoms with Crippen molar-refractivity contribution in [1.82, 2.24) is 30.8 Å². The van der Waals surface area contributed by atoms with Crippen LogP contribution in [0.15, 0.2) is 42.4 Å². The summed E-state index contributed by atoms with van der Waals surface area (Å²) in [5, 5.41) is 5.24. The van der Waals surface area contributed by atoms with E-state index in [0.29, 0.717) is 38.1 Å². The zero-order valence-corrected chi connectivity index (χ0v) is 18.5. The highest BCUT2D eigenvalue weighted by Gasteiger charge is 2.29. The van der Waals surface area contributed by atoms with E-state index in [9.17, 15) is 4.79 Å². The number of fused-ring (bicyclic) bond motifs is 2. The predicted molar refractivity (Wildman–Crippen MR) is 120 cm³/mol. The molecule has 2 aromatic rings. The summed E-state index contributed by atoms with van der Waals surface area (Å²) in [5.74, 6) is 0.614. The van der Waals surface area contributed by atoms with E-state index in [1.807, 2.05) is 26.4 Å². The molecule has 5 rings (SSSR count). The average molecular weight is 436 g/mol. The number of hydrogen-bond acceptors (Lipinski definition) is 8. The molecule has 3 N–H and O–H groups in total. The molecule has 1 aromatic heterocycles. The van der Waals surface area contributed by atoms with E-state index in [4.69, 9.17) is 9.72 Å². The molecule has 0 saturated heterocycles. The second kappa shape index (κ2) is 8.76. The highest BCUT2D eigenvalue weighted by molar-refractivity contribution is 5.81. The van der Waals surface area contributed by atoms with Crippen molar-refractivity contribution < 1.29 is 9.53 Å². The maximum Gasteiger partial charge on any atom is 0.252 e. The van der Waals surface area contributed by atoms with E-state index in [1.54, 1.807) is 10.0 Å². The summed E-state index contributed by atoms with van der Waals surface area (Å²) in [6, 6.07) is 8.84. The summed E-state index contributed by atoms with van der Waals surface area (Å²) in [5.41, 5.74) is 11.9. The fourth-order valence-corrected chi connectivity index (χ4v) is 4.48. The zero-order valence-electron chi connectivity index (χ0n) is 18.5. The number of carbonyl (C=O) groups is 1. The van der Waals surface area contributed by atoms with E-state index >= 15 is 0 Å². The van der Waals surface area contributed by atoms with E-state index in [0.717, 1.165) is 29.8 Å². The van der Waals surface area contributed by atoms with Gasteiger partial charge < -0.3 is 25.8 Å². The lowest BCUT2D eigenvalue weighted by Gasteiger charge is -2.20. The summed E-state index contributed by atoms with van der Waals surface area (Å²) in [6.45, 7) is 3.30. The third kappa shape index (κ3) is 4.39. The van der Waals surface area contributed by atoms with Crippen LogP contribution in [0.4, 0.5) is 5.95 Å². The van der Waals surface area contributed by atoms with Crippen molar-refractivity contribution in [2.75, 3.05) is 19.0 Å². The normalized spacial score (nSPS) is 18.6. The van der Waals surface area contributed by atoms with E-state index < -0.39 is 6.10 Å². The van der Waals surface area contributed by atoms with Gasteiger partial charge in [-0.3, -0.25) is 4.79 Å². The molecule has 1 amide bonds. The molecule has 9 heteroatoms. The number of rotatable bonds is 7. The molecule has 0 spiro atoms. The summed E-state index contributed by atoms with van der Waals surface area (Å²) in [7, 11) is 1.89. The Balaban J connectivity index is 1.12. The summed E-state index contributed by atoms with van der Waals surface area (Å²) >= 11 is 0. The number of ether oxygens (including phenoxy) is 1. The molecular formula is C23H29N7O2. The second-order valence-electron chi connectivity index (χ2n) is 8.61. The Morgan fingerprint density at radius 1 is 1.25 bits per heavy atom. The van der Waals surface area contributed by atoms with Crippen molar-refractivity contribution in [3.63, 3.8) is 0 Å². The molecule has 0 radical (unpaired) electrons. The lowest BCUT2D eigenvalue weighted by Crippen LogP contribution is -2.36. The minimum atomic E-state index is -0.500. The molecule has 2 aliphatic heterocycles. The number of amides is 1. The molecule has 9 nitrogen and oxygen atoms in total. The van der Waals surface area contributed by atoms with E-state index in [-0.39, 0.29) is 5.91 Å². The van der Waals surface area contributed by atoms with Gasteiger partial charge in [-0.05, 0) is 30.9 Å². The Morgan fingerprint density at radius 3 is 2.75 bits per heavy atom. The molecule has 0 bridgehead atoms. The van der Waals surface area contributed by atoms with Gasteiger partial charge in [-0.15, -0.1) is 5.12 Å². The van der Waals surface area contributed by atoms with Gasteiger partial charge in [0, 0.05) is 49.7 Å². The molecule has 0 saturated carbocycles. The number of anilines is 1. The maximum atomic E-state index is 12.9. The lowest BCUT2D eigenvalue weighted by molar-refractivity contribution is -0.143. The monoisotopic (exact) mass is 435 g/mol. The molecule has 168 valence electrons. The topological polar surface area (TPSA) is 94.7 Å². The molecule has 0 unspecified atom stereocenters. The fraction of sp³-hybridized carbons (Fsp3) is 0.435. The highest BCUT2D eigenvalue weighted by Crippen LogP contribution is 2.26. The number of nitrogens with zero attached hydrogens (tertiary/aromatic N) is 4. The zero-order chi connectivity index (χ0) is 22.1. The Hall–Kier alpha value is -3.17. The molecular weight excluding hydrogens is 406 g/mol. The largest absolute Gasteiger partial charge is 0.368 e. The van der Waals surface area contributed by atoms with Gasteiger partial charge in [0.15, 0.2) is 0 Å². The van der Waals surface area contributed by atoms with Crippen LogP contribution in [0.2, 0.25) is 0 Å². The van der Waals surface area contributed by atoms with Crippen molar-refractivity contribution in [2.45, 2.75) is 51.4 Å². The third-order valence-electron chi connectivity index (χ3n) is 6.18. The number of aromatic nitrogens is 2. The Kier molecular flexibility index (Phi) is 5.67. The first kappa shape index (κ1) is 20.7. The van der Waals surface area contributed by atoms with Gasteiger partial charge in [-0.25, -0.2) is 9.97 Å². The molecule has 32 heavy (non-hydrogen) atoms. The van der Waals surface area contributed by atoms with E-state index in [1.165, 1.54) is 11.1 Å². The molecule has 1 aliphatic carbocycles. The predicted octanol–water partition coefficient (Wildman–Crippen LogP) is 1.49. The van der Waals surface area contributed by atoms with Crippen LogP contribution >= 0.6 is 0 Å². The van der Waals surface area contributed by atoms with Crippen molar-refractivity contribution in [3.05, 3.63) is 64.7 Å². The minimum absolute atomic E-state index is 0.0210. The highest BCUT2D eigenvalue weighted by atomic mass is 16.5. The van der Waals surface area contributed by atoms with Gasteiger partial charge in [0.05, 0.1) is 18.8 Å². The van der Waals surface area contributed by atoms with Crippen LogP contribution in [-0.4, -0.2) is 51.7 Å². The summed E-state index contributed by atoms with van der Waals surface area (Å²) in [4.78, 5) is 23.9. The fourth-order valence-electron chi connectivity index (χ4n) is 4.48. The quantitative estimate of drug-likeness (QED) is 0.602. The first-order valence-corrected chi connectivity index (χ1v) is 11.1. The molecule has 1 aromatic carbocycles. The van der Waals surface area contributed by atoms with Gasteiger partial charge in [0.25, 0.3) is 5.91 Å². The van der Waals surface area contributed by atoms with Crippen LogP contribution in [0.3, 0.4) is 0 Å². The lowest BCUT2D eigenvalue weighted by atomic mass is 10.1. The van der Waals surface area contributed by atoms with E-state index in [2.05, 4.69) is 45.4 Å². The van der Waals surface area contributed by atoms with Crippen LogP contribution in [-0.2, 0) is 35.5 Å². The Labute approximate surface area is 187 Å². The number of hydrogen-bond donors (Lipinski definition) is 3.